The van der Waals surface area contributed by atoms with Crippen molar-refractivity contribution in [2.75, 3.05) is 7.05 Å². The number of nitrogens with zero attached hydrogens (tertiary/aromatic N) is 3. The molecule has 1 aromatic heterocycles. The molecule has 0 aliphatic heterocycles. The third kappa shape index (κ3) is 4.82. The van der Waals surface area contributed by atoms with Gasteiger partial charge in [-0.05, 0) is 25.0 Å². The van der Waals surface area contributed by atoms with Crippen LogP contribution in [0, 0.1) is 0 Å². The van der Waals surface area contributed by atoms with Gasteiger partial charge in [-0.3, -0.25) is 4.99 Å². The maximum absolute atomic E-state index is 4.40. The average molecular weight is 423 g/mol. The van der Waals surface area contributed by atoms with Gasteiger partial charge >= 0.3 is 0 Å². The quantitative estimate of drug-likeness (QED) is 0.344. The molecule has 1 aliphatic carbocycles. The van der Waals surface area contributed by atoms with E-state index in [1.54, 1.807) is 7.05 Å². The zero-order valence-corrected chi connectivity index (χ0v) is 15.5. The summed E-state index contributed by atoms with van der Waals surface area (Å²) in [5.41, 5.74) is 2.18. The van der Waals surface area contributed by atoms with E-state index in [0.29, 0.717) is 12.6 Å². The molecule has 5 nitrogen and oxygen atoms in total. The van der Waals surface area contributed by atoms with Crippen LogP contribution >= 0.6 is 24.0 Å². The van der Waals surface area contributed by atoms with Gasteiger partial charge in [0.15, 0.2) is 5.96 Å². The molecule has 0 spiro atoms. The molecule has 0 bridgehead atoms. The average Bonchev–Trinajstić information content (AvgIpc) is 3.24. The van der Waals surface area contributed by atoms with Crippen molar-refractivity contribution in [3.05, 3.63) is 60.4 Å². The first kappa shape index (κ1) is 17.5. The summed E-state index contributed by atoms with van der Waals surface area (Å²) >= 11 is 0. The number of nitrogens with one attached hydrogen (secondary N) is 2. The Morgan fingerprint density at radius 3 is 2.70 bits per heavy atom. The van der Waals surface area contributed by atoms with Crippen LogP contribution < -0.4 is 10.6 Å². The van der Waals surface area contributed by atoms with Crippen LogP contribution in [0.3, 0.4) is 0 Å². The molecule has 23 heavy (non-hydrogen) atoms. The van der Waals surface area contributed by atoms with Gasteiger partial charge in [0, 0.05) is 31.4 Å². The van der Waals surface area contributed by atoms with E-state index in [1.165, 1.54) is 0 Å². The van der Waals surface area contributed by atoms with Crippen LogP contribution in [0.5, 0.6) is 0 Å². The lowest BCUT2D eigenvalue weighted by atomic mass is 10.2. The van der Waals surface area contributed by atoms with Crippen LogP contribution in [-0.2, 0) is 6.54 Å². The van der Waals surface area contributed by atoms with Crippen LogP contribution in [0.1, 0.15) is 18.4 Å². The standard InChI is InChI=1S/C17H21N5.HI/c1-18-17(21-15-7-5-6-8-15)19-11-14-12-20-22(13-14)16-9-3-2-4-10-16;/h2-6,9-10,12-13,15H,7-8,11H2,1H3,(H2,18,19,21);1H. The molecular weight excluding hydrogens is 401 g/mol. The molecule has 0 saturated carbocycles. The molecule has 6 heteroatoms. The maximum atomic E-state index is 4.40. The van der Waals surface area contributed by atoms with Gasteiger partial charge in [0.05, 0.1) is 11.9 Å². The van der Waals surface area contributed by atoms with E-state index in [1.807, 2.05) is 47.4 Å². The molecular formula is C17H22IN5. The lowest BCUT2D eigenvalue weighted by molar-refractivity contribution is 0.633. The highest BCUT2D eigenvalue weighted by atomic mass is 127. The summed E-state index contributed by atoms with van der Waals surface area (Å²) in [6, 6.07) is 10.6. The molecule has 0 saturated heterocycles. The minimum absolute atomic E-state index is 0. The molecule has 1 aromatic carbocycles. The molecule has 1 heterocycles. The fourth-order valence-corrected chi connectivity index (χ4v) is 2.48. The molecule has 0 amide bonds. The first-order valence-corrected chi connectivity index (χ1v) is 7.56. The van der Waals surface area contributed by atoms with E-state index in [9.17, 15) is 0 Å². The monoisotopic (exact) mass is 423 g/mol. The van der Waals surface area contributed by atoms with E-state index in [0.717, 1.165) is 30.1 Å². The third-order valence-electron chi connectivity index (χ3n) is 3.69. The first-order chi connectivity index (χ1) is 10.8. The predicted molar refractivity (Wildman–Crippen MR) is 104 cm³/mol. The summed E-state index contributed by atoms with van der Waals surface area (Å²) in [6.07, 6.45) is 10.4. The Morgan fingerprint density at radius 1 is 1.26 bits per heavy atom. The lowest BCUT2D eigenvalue weighted by Gasteiger charge is -2.16. The second-order valence-electron chi connectivity index (χ2n) is 5.34. The van der Waals surface area contributed by atoms with Crippen LogP contribution in [0.25, 0.3) is 5.69 Å². The topological polar surface area (TPSA) is 54.2 Å². The van der Waals surface area contributed by atoms with Gasteiger partial charge in [0.2, 0.25) is 0 Å². The Kier molecular flexibility index (Phi) is 6.64. The van der Waals surface area contributed by atoms with Crippen molar-refractivity contribution in [1.82, 2.24) is 20.4 Å². The number of hydrogen-bond donors (Lipinski definition) is 2. The van der Waals surface area contributed by atoms with Gasteiger partial charge < -0.3 is 10.6 Å². The van der Waals surface area contributed by atoms with Crippen molar-refractivity contribution in [2.45, 2.75) is 25.4 Å². The third-order valence-corrected chi connectivity index (χ3v) is 3.69. The van der Waals surface area contributed by atoms with Crippen LogP contribution in [0.2, 0.25) is 0 Å². The Morgan fingerprint density at radius 2 is 2.00 bits per heavy atom. The van der Waals surface area contributed by atoms with E-state index in [4.69, 9.17) is 0 Å². The summed E-state index contributed by atoms with van der Waals surface area (Å²) < 4.78 is 1.88. The zero-order chi connectivity index (χ0) is 15.2. The van der Waals surface area contributed by atoms with Crippen LogP contribution in [-0.4, -0.2) is 28.8 Å². The highest BCUT2D eigenvalue weighted by molar-refractivity contribution is 14.0. The number of rotatable bonds is 4. The Labute approximate surface area is 153 Å². The second kappa shape index (κ2) is 8.71. The molecule has 0 radical (unpaired) electrons. The lowest BCUT2D eigenvalue weighted by Crippen LogP contribution is -2.42. The minimum atomic E-state index is 0. The van der Waals surface area contributed by atoms with E-state index < -0.39 is 0 Å². The molecule has 2 N–H and O–H groups in total. The fraction of sp³-hybridized carbons (Fsp3) is 0.294. The van der Waals surface area contributed by atoms with Gasteiger partial charge in [-0.1, -0.05) is 30.4 Å². The molecule has 0 atom stereocenters. The minimum Gasteiger partial charge on any atom is -0.353 e. The van der Waals surface area contributed by atoms with Gasteiger partial charge in [-0.2, -0.15) is 5.10 Å². The number of aromatic nitrogens is 2. The molecule has 2 aromatic rings. The molecule has 1 aliphatic rings. The normalized spacial score (nSPS) is 14.6. The molecule has 122 valence electrons. The number of guanidine groups is 1. The van der Waals surface area contributed by atoms with Crippen molar-refractivity contribution in [1.29, 1.82) is 0 Å². The molecule has 0 unspecified atom stereocenters. The summed E-state index contributed by atoms with van der Waals surface area (Å²) in [5.74, 6) is 0.834. The number of hydrogen-bond acceptors (Lipinski definition) is 2. The number of halogens is 1. The first-order valence-electron chi connectivity index (χ1n) is 7.56. The van der Waals surface area contributed by atoms with Crippen molar-refractivity contribution in [3.8, 4) is 5.69 Å². The summed E-state index contributed by atoms with van der Waals surface area (Å²) in [7, 11) is 1.80. The highest BCUT2D eigenvalue weighted by Gasteiger charge is 2.11. The Balaban J connectivity index is 0.00000192. The SMILES string of the molecule is CN=C(NCc1cnn(-c2ccccc2)c1)NC1CC=CC1.I. The number of benzene rings is 1. The Hall–Kier alpha value is -1.83. The predicted octanol–water partition coefficient (Wildman–Crippen LogP) is 2.87. The number of aliphatic imine (C=N–C) groups is 1. The second-order valence-corrected chi connectivity index (χ2v) is 5.34. The number of para-hydroxylation sites is 1. The summed E-state index contributed by atoms with van der Waals surface area (Å²) in [6.45, 7) is 0.701. The van der Waals surface area contributed by atoms with Gasteiger partial charge in [0.25, 0.3) is 0 Å². The van der Waals surface area contributed by atoms with Crippen molar-refractivity contribution in [3.63, 3.8) is 0 Å². The maximum Gasteiger partial charge on any atom is 0.191 e. The van der Waals surface area contributed by atoms with E-state index >= 15 is 0 Å². The van der Waals surface area contributed by atoms with E-state index in [-0.39, 0.29) is 24.0 Å². The van der Waals surface area contributed by atoms with Crippen molar-refractivity contribution in [2.24, 2.45) is 4.99 Å². The van der Waals surface area contributed by atoms with E-state index in [2.05, 4.69) is 32.9 Å². The van der Waals surface area contributed by atoms with Gasteiger partial charge in [0.1, 0.15) is 0 Å². The van der Waals surface area contributed by atoms with Crippen LogP contribution in [0.15, 0.2) is 59.9 Å². The summed E-state index contributed by atoms with van der Waals surface area (Å²) in [5, 5.41) is 11.2. The zero-order valence-electron chi connectivity index (χ0n) is 13.1. The van der Waals surface area contributed by atoms with Crippen LogP contribution in [0.4, 0.5) is 0 Å². The molecule has 3 rings (SSSR count). The molecule has 0 fully saturated rings. The van der Waals surface area contributed by atoms with Gasteiger partial charge in [-0.15, -0.1) is 24.0 Å². The fourth-order valence-electron chi connectivity index (χ4n) is 2.48. The Bertz CT molecular complexity index is 655. The smallest absolute Gasteiger partial charge is 0.191 e. The van der Waals surface area contributed by atoms with Gasteiger partial charge in [-0.25, -0.2) is 4.68 Å². The largest absolute Gasteiger partial charge is 0.353 e. The van der Waals surface area contributed by atoms with Crippen molar-refractivity contribution >= 4 is 29.9 Å². The van der Waals surface area contributed by atoms with Crippen molar-refractivity contribution < 1.29 is 0 Å². The summed E-state index contributed by atoms with van der Waals surface area (Å²) in [4.78, 5) is 4.27. The highest BCUT2D eigenvalue weighted by Crippen LogP contribution is 2.09.